The summed E-state index contributed by atoms with van der Waals surface area (Å²) < 4.78 is 11.7. The van der Waals surface area contributed by atoms with E-state index in [1.807, 2.05) is 0 Å². The van der Waals surface area contributed by atoms with Gasteiger partial charge < -0.3 is 10.8 Å². The van der Waals surface area contributed by atoms with E-state index in [4.69, 9.17) is 10.8 Å². The molecule has 0 bridgehead atoms. The molecule has 0 saturated carbocycles. The van der Waals surface area contributed by atoms with E-state index in [1.165, 1.54) is 0 Å². The average Bonchev–Trinajstić information content (AvgIpc) is 1.82. The monoisotopic (exact) mass is 135 g/mol. The van der Waals surface area contributed by atoms with Crippen LogP contribution in [0, 0.1) is 5.92 Å². The standard InChI is InChI=1S/C5H10FNO2/c6-2-4(3-8)1-5(7)9/h4,8H,1-3H2,(H2,7,9)/t4-/m1/s1. The lowest BCUT2D eigenvalue weighted by Gasteiger charge is -2.04. The maximum absolute atomic E-state index is 11.7. The molecule has 0 aromatic heterocycles. The van der Waals surface area contributed by atoms with Crippen LogP contribution in [-0.2, 0) is 4.79 Å². The molecule has 0 spiro atoms. The van der Waals surface area contributed by atoms with Crippen molar-refractivity contribution in [1.82, 2.24) is 0 Å². The van der Waals surface area contributed by atoms with Gasteiger partial charge in [0.1, 0.15) is 0 Å². The van der Waals surface area contributed by atoms with Gasteiger partial charge in [0.15, 0.2) is 0 Å². The molecule has 3 nitrogen and oxygen atoms in total. The third-order valence-corrected chi connectivity index (χ3v) is 0.966. The molecule has 0 aliphatic rings. The van der Waals surface area contributed by atoms with Crippen LogP contribution in [-0.4, -0.2) is 24.3 Å². The number of amides is 1. The maximum Gasteiger partial charge on any atom is 0.217 e. The molecular weight excluding hydrogens is 125 g/mol. The van der Waals surface area contributed by atoms with E-state index in [0.717, 1.165) is 0 Å². The van der Waals surface area contributed by atoms with Crippen LogP contribution in [0.5, 0.6) is 0 Å². The minimum atomic E-state index is -0.695. The number of primary amides is 1. The van der Waals surface area contributed by atoms with Crippen molar-refractivity contribution in [1.29, 1.82) is 0 Å². The molecule has 54 valence electrons. The Morgan fingerprint density at radius 1 is 1.78 bits per heavy atom. The number of aliphatic hydroxyl groups is 1. The summed E-state index contributed by atoms with van der Waals surface area (Å²) in [4.78, 5) is 10.1. The summed E-state index contributed by atoms with van der Waals surface area (Å²) in [6.07, 6.45) is -0.0764. The molecule has 1 amide bonds. The van der Waals surface area contributed by atoms with Gasteiger partial charge in [-0.15, -0.1) is 0 Å². The predicted molar refractivity (Wildman–Crippen MR) is 30.4 cm³/mol. The maximum atomic E-state index is 11.7. The summed E-state index contributed by atoms with van der Waals surface area (Å²) in [6, 6.07) is 0. The zero-order chi connectivity index (χ0) is 7.28. The summed E-state index contributed by atoms with van der Waals surface area (Å²) in [7, 11) is 0. The largest absolute Gasteiger partial charge is 0.396 e. The van der Waals surface area contributed by atoms with Crippen LogP contribution in [0.25, 0.3) is 0 Å². The summed E-state index contributed by atoms with van der Waals surface area (Å²) in [5.74, 6) is -1.19. The third-order valence-electron chi connectivity index (χ3n) is 0.966. The van der Waals surface area contributed by atoms with E-state index in [9.17, 15) is 9.18 Å². The zero-order valence-electron chi connectivity index (χ0n) is 5.01. The van der Waals surface area contributed by atoms with Crippen molar-refractivity contribution < 1.29 is 14.3 Å². The fourth-order valence-electron chi connectivity index (χ4n) is 0.452. The molecule has 0 heterocycles. The first-order valence-electron chi connectivity index (χ1n) is 2.65. The first kappa shape index (κ1) is 8.36. The second-order valence-corrected chi connectivity index (χ2v) is 1.87. The Bertz CT molecular complexity index is 93.0. The molecule has 0 aliphatic heterocycles. The van der Waals surface area contributed by atoms with Gasteiger partial charge in [0.05, 0.1) is 6.67 Å². The minimum absolute atomic E-state index is 0.0764. The van der Waals surface area contributed by atoms with Crippen molar-refractivity contribution in [2.24, 2.45) is 11.7 Å². The summed E-state index contributed by atoms with van der Waals surface area (Å²) >= 11 is 0. The number of rotatable bonds is 4. The number of alkyl halides is 1. The number of nitrogens with two attached hydrogens (primary N) is 1. The Morgan fingerprint density at radius 2 is 2.33 bits per heavy atom. The van der Waals surface area contributed by atoms with Crippen molar-refractivity contribution in [2.75, 3.05) is 13.3 Å². The molecule has 3 N–H and O–H groups in total. The Labute approximate surface area is 52.7 Å². The fraction of sp³-hybridized carbons (Fsp3) is 0.800. The molecule has 0 unspecified atom stereocenters. The van der Waals surface area contributed by atoms with E-state index >= 15 is 0 Å². The molecule has 0 aromatic carbocycles. The molecule has 4 heteroatoms. The molecule has 9 heavy (non-hydrogen) atoms. The van der Waals surface area contributed by atoms with E-state index < -0.39 is 18.5 Å². The normalized spacial score (nSPS) is 13.1. The number of hydrogen-bond acceptors (Lipinski definition) is 2. The SMILES string of the molecule is NC(=O)C[C@@H](CO)CF. The van der Waals surface area contributed by atoms with Gasteiger partial charge in [-0.3, -0.25) is 9.18 Å². The average molecular weight is 135 g/mol. The van der Waals surface area contributed by atoms with Gasteiger partial charge in [0, 0.05) is 18.9 Å². The van der Waals surface area contributed by atoms with Gasteiger partial charge in [-0.1, -0.05) is 0 Å². The second-order valence-electron chi connectivity index (χ2n) is 1.87. The molecule has 1 atom stereocenters. The van der Waals surface area contributed by atoms with Crippen molar-refractivity contribution in [2.45, 2.75) is 6.42 Å². The Kier molecular flexibility index (Phi) is 3.96. The number of carbonyl (C=O) groups excluding carboxylic acids is 1. The van der Waals surface area contributed by atoms with Gasteiger partial charge in [0.2, 0.25) is 5.91 Å². The molecule has 0 rings (SSSR count). The van der Waals surface area contributed by atoms with E-state index in [0.29, 0.717) is 0 Å². The van der Waals surface area contributed by atoms with Gasteiger partial charge in [0.25, 0.3) is 0 Å². The minimum Gasteiger partial charge on any atom is -0.396 e. The van der Waals surface area contributed by atoms with Gasteiger partial charge in [-0.25, -0.2) is 0 Å². The molecule has 0 saturated heterocycles. The third kappa shape index (κ3) is 3.90. The number of carbonyl (C=O) groups is 1. The van der Waals surface area contributed by atoms with Crippen LogP contribution in [0.15, 0.2) is 0 Å². The summed E-state index contributed by atoms with van der Waals surface area (Å²) in [6.45, 7) is -1.02. The first-order valence-corrected chi connectivity index (χ1v) is 2.65. The second kappa shape index (κ2) is 4.26. The first-order chi connectivity index (χ1) is 4.20. The van der Waals surface area contributed by atoms with Crippen LogP contribution < -0.4 is 5.73 Å². The fourth-order valence-corrected chi connectivity index (χ4v) is 0.452. The smallest absolute Gasteiger partial charge is 0.217 e. The van der Waals surface area contributed by atoms with E-state index in [1.54, 1.807) is 0 Å². The van der Waals surface area contributed by atoms with Crippen LogP contribution in [0.3, 0.4) is 0 Å². The quantitative estimate of drug-likeness (QED) is 0.542. The van der Waals surface area contributed by atoms with Crippen LogP contribution in [0.1, 0.15) is 6.42 Å². The molecular formula is C5H10FNO2. The Morgan fingerprint density at radius 3 is 2.44 bits per heavy atom. The van der Waals surface area contributed by atoms with Crippen molar-refractivity contribution in [3.05, 3.63) is 0 Å². The van der Waals surface area contributed by atoms with Crippen LogP contribution >= 0.6 is 0 Å². The number of halogens is 1. The highest BCUT2D eigenvalue weighted by Gasteiger charge is 2.08. The highest BCUT2D eigenvalue weighted by Crippen LogP contribution is 2.00. The molecule has 0 aromatic rings. The lowest BCUT2D eigenvalue weighted by atomic mass is 10.1. The number of hydrogen-bond donors (Lipinski definition) is 2. The highest BCUT2D eigenvalue weighted by molar-refractivity contribution is 5.73. The summed E-state index contributed by atoms with van der Waals surface area (Å²) in [5, 5.41) is 8.33. The lowest BCUT2D eigenvalue weighted by Crippen LogP contribution is -2.19. The highest BCUT2D eigenvalue weighted by atomic mass is 19.1. The van der Waals surface area contributed by atoms with Gasteiger partial charge >= 0.3 is 0 Å². The van der Waals surface area contributed by atoms with Crippen LogP contribution in [0.2, 0.25) is 0 Å². The summed E-state index contributed by atoms with van der Waals surface area (Å²) in [5.41, 5.74) is 4.73. The Hall–Kier alpha value is -0.640. The van der Waals surface area contributed by atoms with E-state index in [-0.39, 0.29) is 13.0 Å². The molecule has 0 aliphatic carbocycles. The van der Waals surface area contributed by atoms with Crippen molar-refractivity contribution >= 4 is 5.91 Å². The topological polar surface area (TPSA) is 63.3 Å². The predicted octanol–water partition coefficient (Wildman–Crippen LogP) is -0.560. The van der Waals surface area contributed by atoms with E-state index in [2.05, 4.69) is 0 Å². The van der Waals surface area contributed by atoms with Gasteiger partial charge in [-0.05, 0) is 0 Å². The van der Waals surface area contributed by atoms with Gasteiger partial charge in [-0.2, -0.15) is 0 Å². The number of aliphatic hydroxyl groups excluding tert-OH is 1. The van der Waals surface area contributed by atoms with Crippen molar-refractivity contribution in [3.8, 4) is 0 Å². The van der Waals surface area contributed by atoms with Crippen LogP contribution in [0.4, 0.5) is 4.39 Å². The zero-order valence-corrected chi connectivity index (χ0v) is 5.01. The molecule has 0 fully saturated rings. The van der Waals surface area contributed by atoms with Crippen molar-refractivity contribution in [3.63, 3.8) is 0 Å². The lowest BCUT2D eigenvalue weighted by molar-refractivity contribution is -0.119. The Balaban J connectivity index is 3.43. The molecule has 0 radical (unpaired) electrons.